The molecule has 1 unspecified atom stereocenters. The van der Waals surface area contributed by atoms with Crippen molar-refractivity contribution in [3.63, 3.8) is 0 Å². The number of fused-ring (bicyclic) bond motifs is 1. The van der Waals surface area contributed by atoms with Crippen LogP contribution in [-0.4, -0.2) is 51.2 Å². The highest BCUT2D eigenvalue weighted by Gasteiger charge is 2.30. The molecular formula is C23H29N3O4S. The van der Waals surface area contributed by atoms with Gasteiger partial charge in [0.2, 0.25) is 10.0 Å². The summed E-state index contributed by atoms with van der Waals surface area (Å²) in [7, 11) is -3.46. The molecular weight excluding hydrogens is 414 g/mol. The van der Waals surface area contributed by atoms with E-state index in [1.54, 1.807) is 24.3 Å². The molecule has 1 N–H and O–H groups in total. The maximum atomic E-state index is 12.8. The molecule has 2 aromatic carbocycles. The van der Waals surface area contributed by atoms with Crippen molar-refractivity contribution in [2.24, 2.45) is 0 Å². The maximum absolute atomic E-state index is 12.8. The molecule has 8 heteroatoms. The molecule has 1 amide bonds. The SMILES string of the molecule is CS(=O)(=O)N1CCC(C(=O)NCc2ccc(CN3CCCC3)cc2)Oc2ccccc21. The third-order valence-corrected chi connectivity index (χ3v) is 6.96. The number of anilines is 1. The molecule has 0 radical (unpaired) electrons. The lowest BCUT2D eigenvalue weighted by atomic mass is 10.1. The molecule has 4 rings (SSSR count). The average molecular weight is 444 g/mol. The Hall–Kier alpha value is -2.58. The molecule has 2 aliphatic rings. The van der Waals surface area contributed by atoms with Crippen LogP contribution in [0, 0.1) is 0 Å². The zero-order chi connectivity index (χ0) is 21.8. The number of para-hydroxylation sites is 2. The Morgan fingerprint density at radius 2 is 1.71 bits per heavy atom. The monoisotopic (exact) mass is 443 g/mol. The summed E-state index contributed by atoms with van der Waals surface area (Å²) in [5.74, 6) is 0.156. The van der Waals surface area contributed by atoms with Crippen molar-refractivity contribution in [1.82, 2.24) is 10.2 Å². The van der Waals surface area contributed by atoms with Gasteiger partial charge in [0.05, 0.1) is 11.9 Å². The van der Waals surface area contributed by atoms with Crippen LogP contribution in [-0.2, 0) is 27.9 Å². The smallest absolute Gasteiger partial charge is 0.261 e. The molecule has 2 aromatic rings. The Morgan fingerprint density at radius 3 is 2.42 bits per heavy atom. The first-order chi connectivity index (χ1) is 14.9. The van der Waals surface area contributed by atoms with Gasteiger partial charge in [0.1, 0.15) is 5.75 Å². The van der Waals surface area contributed by atoms with E-state index < -0.39 is 16.1 Å². The van der Waals surface area contributed by atoms with Gasteiger partial charge in [-0.2, -0.15) is 0 Å². The molecule has 0 bridgehead atoms. The first-order valence-electron chi connectivity index (χ1n) is 10.7. The Balaban J connectivity index is 1.36. The number of nitrogens with zero attached hydrogens (tertiary/aromatic N) is 2. The van der Waals surface area contributed by atoms with E-state index in [0.717, 1.165) is 18.4 Å². The van der Waals surface area contributed by atoms with E-state index in [4.69, 9.17) is 4.74 Å². The van der Waals surface area contributed by atoms with Crippen LogP contribution < -0.4 is 14.4 Å². The number of rotatable bonds is 6. The van der Waals surface area contributed by atoms with Crippen LogP contribution in [0.2, 0.25) is 0 Å². The van der Waals surface area contributed by atoms with E-state index in [9.17, 15) is 13.2 Å². The molecule has 1 atom stereocenters. The summed E-state index contributed by atoms with van der Waals surface area (Å²) in [6, 6.07) is 15.2. The number of ether oxygens (including phenoxy) is 1. The van der Waals surface area contributed by atoms with Crippen molar-refractivity contribution in [3.8, 4) is 5.75 Å². The fourth-order valence-corrected chi connectivity index (χ4v) is 5.07. The van der Waals surface area contributed by atoms with Crippen molar-refractivity contribution >= 4 is 21.6 Å². The van der Waals surface area contributed by atoms with Crippen molar-refractivity contribution in [1.29, 1.82) is 0 Å². The summed E-state index contributed by atoms with van der Waals surface area (Å²) in [4.78, 5) is 15.2. The molecule has 2 heterocycles. The summed E-state index contributed by atoms with van der Waals surface area (Å²) < 4.78 is 31.6. The Kier molecular flexibility index (Phi) is 6.48. The van der Waals surface area contributed by atoms with Crippen molar-refractivity contribution in [2.45, 2.75) is 38.5 Å². The average Bonchev–Trinajstić information content (AvgIpc) is 3.16. The topological polar surface area (TPSA) is 79.0 Å². The molecule has 0 spiro atoms. The van der Waals surface area contributed by atoms with Gasteiger partial charge < -0.3 is 10.1 Å². The first-order valence-corrected chi connectivity index (χ1v) is 12.6. The van der Waals surface area contributed by atoms with Gasteiger partial charge in [0, 0.05) is 26.1 Å². The normalized spacial score (nSPS) is 19.4. The Labute approximate surface area is 184 Å². The number of carbonyl (C=O) groups is 1. The fourth-order valence-electron chi connectivity index (χ4n) is 4.12. The molecule has 0 saturated carbocycles. The van der Waals surface area contributed by atoms with E-state index in [1.165, 1.54) is 35.8 Å². The standard InChI is InChI=1S/C23H29N3O4S/c1-31(28,29)26-15-12-22(30-21-7-3-2-6-20(21)26)23(27)24-16-18-8-10-19(11-9-18)17-25-13-4-5-14-25/h2-3,6-11,22H,4-5,12-17H2,1H3,(H,24,27). The van der Waals surface area contributed by atoms with E-state index in [1.807, 2.05) is 12.1 Å². The highest BCUT2D eigenvalue weighted by atomic mass is 32.2. The van der Waals surface area contributed by atoms with Gasteiger partial charge in [-0.15, -0.1) is 0 Å². The molecule has 0 aliphatic carbocycles. The predicted molar refractivity (Wildman–Crippen MR) is 120 cm³/mol. The summed E-state index contributed by atoms with van der Waals surface area (Å²) in [5, 5.41) is 2.93. The number of hydrogen-bond donors (Lipinski definition) is 1. The maximum Gasteiger partial charge on any atom is 0.261 e. The second kappa shape index (κ2) is 9.28. The number of carbonyl (C=O) groups excluding carboxylic acids is 1. The predicted octanol–water partition coefficient (Wildman–Crippen LogP) is 2.52. The van der Waals surface area contributed by atoms with Crippen molar-refractivity contribution < 1.29 is 17.9 Å². The van der Waals surface area contributed by atoms with E-state index in [2.05, 4.69) is 22.3 Å². The number of likely N-dealkylation sites (tertiary alicyclic amines) is 1. The summed E-state index contributed by atoms with van der Waals surface area (Å²) in [6.45, 7) is 3.90. The summed E-state index contributed by atoms with van der Waals surface area (Å²) in [5.41, 5.74) is 2.76. The van der Waals surface area contributed by atoms with Gasteiger partial charge in [-0.3, -0.25) is 14.0 Å². The number of nitrogens with one attached hydrogen (secondary N) is 1. The molecule has 31 heavy (non-hydrogen) atoms. The first kappa shape index (κ1) is 21.6. The molecule has 1 saturated heterocycles. The Bertz CT molecular complexity index is 1020. The number of benzene rings is 2. The third kappa shape index (κ3) is 5.37. The quantitative estimate of drug-likeness (QED) is 0.742. The van der Waals surface area contributed by atoms with Crippen LogP contribution >= 0.6 is 0 Å². The highest BCUT2D eigenvalue weighted by molar-refractivity contribution is 7.92. The minimum Gasteiger partial charge on any atom is -0.478 e. The van der Waals surface area contributed by atoms with E-state index >= 15 is 0 Å². The van der Waals surface area contributed by atoms with E-state index in [0.29, 0.717) is 18.0 Å². The van der Waals surface area contributed by atoms with Crippen LogP contribution in [0.15, 0.2) is 48.5 Å². The molecule has 7 nitrogen and oxygen atoms in total. The van der Waals surface area contributed by atoms with Crippen LogP contribution in [0.25, 0.3) is 0 Å². The second-order valence-electron chi connectivity index (χ2n) is 8.22. The zero-order valence-corrected chi connectivity index (χ0v) is 18.6. The molecule has 166 valence electrons. The van der Waals surface area contributed by atoms with Crippen LogP contribution in [0.4, 0.5) is 5.69 Å². The van der Waals surface area contributed by atoms with Gasteiger partial charge in [0.25, 0.3) is 5.91 Å². The fraction of sp³-hybridized carbons (Fsp3) is 0.435. The minimum atomic E-state index is -3.46. The van der Waals surface area contributed by atoms with Gasteiger partial charge >= 0.3 is 0 Å². The second-order valence-corrected chi connectivity index (χ2v) is 10.1. The zero-order valence-electron chi connectivity index (χ0n) is 17.8. The Morgan fingerprint density at radius 1 is 1.03 bits per heavy atom. The number of amides is 1. The van der Waals surface area contributed by atoms with Gasteiger partial charge in [-0.1, -0.05) is 36.4 Å². The highest BCUT2D eigenvalue weighted by Crippen LogP contribution is 2.33. The van der Waals surface area contributed by atoms with Gasteiger partial charge in [-0.25, -0.2) is 8.42 Å². The molecule has 2 aliphatic heterocycles. The van der Waals surface area contributed by atoms with Crippen LogP contribution in [0.5, 0.6) is 5.75 Å². The third-order valence-electron chi connectivity index (χ3n) is 5.78. The van der Waals surface area contributed by atoms with Crippen LogP contribution in [0.1, 0.15) is 30.4 Å². The van der Waals surface area contributed by atoms with Gasteiger partial charge in [0.15, 0.2) is 6.10 Å². The lowest BCUT2D eigenvalue weighted by molar-refractivity contribution is -0.128. The minimum absolute atomic E-state index is 0.194. The van der Waals surface area contributed by atoms with Crippen molar-refractivity contribution in [3.05, 3.63) is 59.7 Å². The number of hydrogen-bond acceptors (Lipinski definition) is 5. The number of sulfonamides is 1. The molecule has 1 fully saturated rings. The lowest BCUT2D eigenvalue weighted by Gasteiger charge is -2.20. The van der Waals surface area contributed by atoms with Crippen LogP contribution in [0.3, 0.4) is 0 Å². The summed E-state index contributed by atoms with van der Waals surface area (Å²) in [6.07, 6.45) is 3.25. The summed E-state index contributed by atoms with van der Waals surface area (Å²) >= 11 is 0. The van der Waals surface area contributed by atoms with Crippen molar-refractivity contribution in [2.75, 3.05) is 30.2 Å². The lowest BCUT2D eigenvalue weighted by Crippen LogP contribution is -2.39. The molecule has 0 aromatic heterocycles. The van der Waals surface area contributed by atoms with Gasteiger partial charge in [-0.05, 0) is 49.2 Å². The van der Waals surface area contributed by atoms with E-state index in [-0.39, 0.29) is 18.9 Å². The largest absolute Gasteiger partial charge is 0.478 e.